The molecule has 128 valence electrons. The summed E-state index contributed by atoms with van der Waals surface area (Å²) in [6.07, 6.45) is 1.01. The third-order valence-electron chi connectivity index (χ3n) is 5.26. The van der Waals surface area contributed by atoms with Gasteiger partial charge in [0.25, 0.3) is 0 Å². The van der Waals surface area contributed by atoms with Crippen LogP contribution in [0.4, 0.5) is 8.78 Å². The second-order valence-corrected chi connectivity index (χ2v) is 7.53. The van der Waals surface area contributed by atoms with Gasteiger partial charge in [0.1, 0.15) is 0 Å². The lowest BCUT2D eigenvalue weighted by molar-refractivity contribution is -0.138. The van der Waals surface area contributed by atoms with Gasteiger partial charge in [0.05, 0.1) is 0 Å². The van der Waals surface area contributed by atoms with E-state index >= 15 is 0 Å². The standard InChI is InChI=1S/C18H25ClF2N2/c1-3-16-10-22-12(2)11-23(16)17(14-8-18(20,21)9-14)13-4-6-15(19)7-5-13/h4-7,12,14,16-17,22H,3,8-11H2,1-2H3/t12-,16+,17?/m0/s1. The minimum Gasteiger partial charge on any atom is -0.311 e. The first kappa shape index (κ1) is 17.1. The van der Waals surface area contributed by atoms with Gasteiger partial charge in [0, 0.05) is 49.1 Å². The van der Waals surface area contributed by atoms with Crippen molar-refractivity contribution in [1.29, 1.82) is 0 Å². The van der Waals surface area contributed by atoms with Gasteiger partial charge < -0.3 is 5.32 Å². The fraction of sp³-hybridized carbons (Fsp3) is 0.667. The molecule has 2 nitrogen and oxygen atoms in total. The lowest BCUT2D eigenvalue weighted by Gasteiger charge is -2.50. The van der Waals surface area contributed by atoms with Crippen molar-refractivity contribution < 1.29 is 8.78 Å². The predicted octanol–water partition coefficient (Wildman–Crippen LogP) is 4.50. The SMILES string of the molecule is CC[C@@H]1CN[C@@H](C)CN1C(c1ccc(Cl)cc1)C1CC(F)(F)C1. The first-order valence-corrected chi connectivity index (χ1v) is 8.90. The topological polar surface area (TPSA) is 15.3 Å². The van der Waals surface area contributed by atoms with Gasteiger partial charge in [-0.15, -0.1) is 0 Å². The van der Waals surface area contributed by atoms with Crippen LogP contribution in [0.3, 0.4) is 0 Å². The first-order valence-electron chi connectivity index (χ1n) is 8.52. The van der Waals surface area contributed by atoms with Crippen LogP contribution in [0.2, 0.25) is 5.02 Å². The van der Waals surface area contributed by atoms with E-state index in [-0.39, 0.29) is 24.8 Å². The zero-order chi connectivity index (χ0) is 16.6. The zero-order valence-corrected chi connectivity index (χ0v) is 14.5. The molecule has 1 aliphatic heterocycles. The minimum atomic E-state index is -2.49. The maximum Gasteiger partial charge on any atom is 0.248 e. The van der Waals surface area contributed by atoms with Crippen LogP contribution in [-0.4, -0.2) is 36.0 Å². The molecule has 1 saturated carbocycles. The van der Waals surface area contributed by atoms with Gasteiger partial charge in [-0.3, -0.25) is 4.90 Å². The largest absolute Gasteiger partial charge is 0.311 e. The number of alkyl halides is 2. The average molecular weight is 343 g/mol. The summed E-state index contributed by atoms with van der Waals surface area (Å²) in [5.74, 6) is -2.47. The summed E-state index contributed by atoms with van der Waals surface area (Å²) in [4.78, 5) is 2.45. The first-order chi connectivity index (χ1) is 10.9. The van der Waals surface area contributed by atoms with Gasteiger partial charge in [0.2, 0.25) is 5.92 Å². The molecule has 1 saturated heterocycles. The zero-order valence-electron chi connectivity index (χ0n) is 13.7. The highest BCUT2D eigenvalue weighted by Gasteiger charge is 2.51. The molecule has 23 heavy (non-hydrogen) atoms. The molecular formula is C18H25ClF2N2. The van der Waals surface area contributed by atoms with Crippen molar-refractivity contribution in [2.24, 2.45) is 5.92 Å². The summed E-state index contributed by atoms with van der Waals surface area (Å²) in [6.45, 7) is 6.15. The number of piperazine rings is 1. The number of halogens is 3. The number of nitrogens with one attached hydrogen (secondary N) is 1. The molecule has 3 rings (SSSR count). The summed E-state index contributed by atoms with van der Waals surface area (Å²) in [5.41, 5.74) is 1.11. The molecule has 0 bridgehead atoms. The summed E-state index contributed by atoms with van der Waals surface area (Å²) in [6, 6.07) is 8.57. The third kappa shape index (κ3) is 3.70. The number of nitrogens with zero attached hydrogens (tertiary/aromatic N) is 1. The van der Waals surface area contributed by atoms with E-state index in [1.807, 2.05) is 24.3 Å². The van der Waals surface area contributed by atoms with E-state index in [9.17, 15) is 8.78 Å². The lowest BCUT2D eigenvalue weighted by Crippen LogP contribution is -2.58. The fourth-order valence-corrected chi connectivity index (χ4v) is 4.15. The molecule has 1 aromatic carbocycles. The van der Waals surface area contributed by atoms with Gasteiger partial charge in [0.15, 0.2) is 0 Å². The Morgan fingerprint density at radius 1 is 1.30 bits per heavy atom. The van der Waals surface area contributed by atoms with Gasteiger partial charge in [-0.2, -0.15) is 0 Å². The van der Waals surface area contributed by atoms with Crippen molar-refractivity contribution in [2.75, 3.05) is 13.1 Å². The molecule has 3 atom stereocenters. The monoisotopic (exact) mass is 342 g/mol. The van der Waals surface area contributed by atoms with Gasteiger partial charge in [-0.05, 0) is 37.0 Å². The number of benzene rings is 1. The van der Waals surface area contributed by atoms with E-state index in [4.69, 9.17) is 11.6 Å². The normalized spacial score (nSPS) is 30.0. The quantitative estimate of drug-likeness (QED) is 0.866. The second-order valence-electron chi connectivity index (χ2n) is 7.09. The van der Waals surface area contributed by atoms with Gasteiger partial charge in [-0.1, -0.05) is 30.7 Å². The molecule has 0 radical (unpaired) electrons. The Bertz CT molecular complexity index is 526. The number of rotatable bonds is 4. The number of hydrogen-bond acceptors (Lipinski definition) is 2. The molecule has 1 aromatic rings. The van der Waals surface area contributed by atoms with E-state index in [0.29, 0.717) is 17.1 Å². The van der Waals surface area contributed by atoms with Crippen LogP contribution in [0.1, 0.15) is 44.7 Å². The van der Waals surface area contributed by atoms with Crippen molar-refractivity contribution in [1.82, 2.24) is 10.2 Å². The van der Waals surface area contributed by atoms with Gasteiger partial charge in [-0.25, -0.2) is 8.78 Å². The van der Waals surface area contributed by atoms with Crippen molar-refractivity contribution in [3.63, 3.8) is 0 Å². The van der Waals surface area contributed by atoms with E-state index in [0.717, 1.165) is 25.1 Å². The molecule has 1 aliphatic carbocycles. The Morgan fingerprint density at radius 2 is 1.96 bits per heavy atom. The molecule has 1 heterocycles. The summed E-state index contributed by atoms with van der Waals surface area (Å²) in [7, 11) is 0. The smallest absolute Gasteiger partial charge is 0.248 e. The summed E-state index contributed by atoms with van der Waals surface area (Å²) in [5, 5.41) is 4.20. The highest BCUT2D eigenvalue weighted by Crippen LogP contribution is 2.51. The summed E-state index contributed by atoms with van der Waals surface area (Å²) < 4.78 is 27.0. The van der Waals surface area contributed by atoms with Gasteiger partial charge >= 0.3 is 0 Å². The van der Waals surface area contributed by atoms with Crippen LogP contribution in [0.25, 0.3) is 0 Å². The highest BCUT2D eigenvalue weighted by molar-refractivity contribution is 6.30. The molecule has 0 amide bonds. The van der Waals surface area contributed by atoms with E-state index in [1.54, 1.807) is 0 Å². The molecule has 5 heteroatoms. The highest BCUT2D eigenvalue weighted by atomic mass is 35.5. The predicted molar refractivity (Wildman–Crippen MR) is 90.1 cm³/mol. The van der Waals surface area contributed by atoms with Crippen LogP contribution in [0.15, 0.2) is 24.3 Å². The number of hydrogen-bond donors (Lipinski definition) is 1. The van der Waals surface area contributed by atoms with E-state index < -0.39 is 5.92 Å². The van der Waals surface area contributed by atoms with Crippen LogP contribution < -0.4 is 5.32 Å². The third-order valence-corrected chi connectivity index (χ3v) is 5.52. The Morgan fingerprint density at radius 3 is 2.52 bits per heavy atom. The molecule has 0 spiro atoms. The lowest BCUT2D eigenvalue weighted by atomic mass is 9.73. The molecular weight excluding hydrogens is 318 g/mol. The van der Waals surface area contributed by atoms with Crippen molar-refractivity contribution in [3.8, 4) is 0 Å². The van der Waals surface area contributed by atoms with Crippen molar-refractivity contribution >= 4 is 11.6 Å². The maximum atomic E-state index is 13.5. The Labute approximate surface area is 142 Å². The van der Waals surface area contributed by atoms with Crippen LogP contribution in [0, 0.1) is 5.92 Å². The Balaban J connectivity index is 1.89. The fourth-order valence-electron chi connectivity index (χ4n) is 4.03. The molecule has 2 aliphatic rings. The second kappa shape index (κ2) is 6.66. The Hall–Kier alpha value is -0.710. The van der Waals surface area contributed by atoms with E-state index in [1.165, 1.54) is 0 Å². The molecule has 1 unspecified atom stereocenters. The van der Waals surface area contributed by atoms with Crippen LogP contribution in [0.5, 0.6) is 0 Å². The minimum absolute atomic E-state index is 0.00492. The molecule has 1 N–H and O–H groups in total. The molecule has 0 aromatic heterocycles. The Kier molecular flexibility index (Phi) is 4.96. The van der Waals surface area contributed by atoms with Crippen molar-refractivity contribution in [3.05, 3.63) is 34.9 Å². The molecule has 2 fully saturated rings. The van der Waals surface area contributed by atoms with Crippen molar-refractivity contribution in [2.45, 2.75) is 57.2 Å². The average Bonchev–Trinajstić information content (AvgIpc) is 2.48. The maximum absolute atomic E-state index is 13.5. The summed E-state index contributed by atoms with van der Waals surface area (Å²) >= 11 is 6.01. The van der Waals surface area contributed by atoms with Crippen LogP contribution >= 0.6 is 11.6 Å². The van der Waals surface area contributed by atoms with E-state index in [2.05, 4.69) is 24.1 Å². The van der Waals surface area contributed by atoms with Crippen LogP contribution in [-0.2, 0) is 0 Å².